The molecular formula is C12H7NOUY-2. The molecule has 75 valence electrons. The van der Waals surface area contributed by atoms with Crippen molar-refractivity contribution in [3.05, 3.63) is 42.1 Å². The van der Waals surface area contributed by atoms with E-state index in [2.05, 4.69) is 12.1 Å². The zero-order valence-corrected chi connectivity index (χ0v) is 15.5. The first-order valence-corrected chi connectivity index (χ1v) is 4.48. The van der Waals surface area contributed by atoms with Gasteiger partial charge in [-0.1, -0.05) is 17.6 Å². The number of hydrogen-bond donors (Lipinski definition) is 0. The van der Waals surface area contributed by atoms with Crippen molar-refractivity contribution in [2.45, 2.75) is 6.54 Å². The second-order valence-electron chi connectivity index (χ2n) is 3.33. The molecule has 2 nitrogen and oxygen atoms in total. The summed E-state index contributed by atoms with van der Waals surface area (Å²) in [5.41, 5.74) is 2.00. The predicted octanol–water partition coefficient (Wildman–Crippen LogP) is 1.84. The Morgan fingerprint density at radius 3 is 2.81 bits per heavy atom. The average molecular weight is 508 g/mol. The van der Waals surface area contributed by atoms with Crippen LogP contribution in [0.15, 0.2) is 24.3 Å². The number of carbonyl (C=O) groups excluding carboxylic acids is 1. The summed E-state index contributed by atoms with van der Waals surface area (Å²) in [6.45, 7) is 0.385. The first-order valence-electron chi connectivity index (χ1n) is 4.48. The number of ketones is 1. The Kier molecular flexibility index (Phi) is 5.20. The molecule has 1 aromatic carbocycles. The molecule has 0 saturated heterocycles. The molecule has 1 aromatic heterocycles. The molecule has 2 heterocycles. The quantitative estimate of drug-likeness (QED) is 0.499. The predicted molar refractivity (Wildman–Crippen MR) is 53.5 cm³/mol. The first-order chi connectivity index (χ1) is 6.84. The Morgan fingerprint density at radius 1 is 1.25 bits per heavy atom. The Hall–Kier alpha value is 0.326. The maximum absolute atomic E-state index is 11.2. The van der Waals surface area contributed by atoms with Gasteiger partial charge in [-0.2, -0.15) is 0 Å². The summed E-state index contributed by atoms with van der Waals surface area (Å²) in [4.78, 5) is 11.2. The van der Waals surface area contributed by atoms with Crippen LogP contribution in [0, 0.1) is 43.3 Å². The minimum atomic E-state index is 0. The molecule has 0 amide bonds. The number of benzene rings is 1. The average Bonchev–Trinajstić information content (AvgIpc) is 2.56. The zero-order valence-electron chi connectivity index (χ0n) is 8.53. The van der Waals surface area contributed by atoms with Crippen molar-refractivity contribution in [3.8, 4) is 0 Å². The van der Waals surface area contributed by atoms with E-state index in [9.17, 15) is 4.79 Å². The van der Waals surface area contributed by atoms with Crippen LogP contribution in [0.3, 0.4) is 0 Å². The molecule has 4 heteroatoms. The zero-order chi connectivity index (χ0) is 9.54. The fourth-order valence-corrected chi connectivity index (χ4v) is 1.77. The smallest absolute Gasteiger partial charge is 0.0750 e. The van der Waals surface area contributed by atoms with Gasteiger partial charge in [0.05, 0.1) is 5.78 Å². The Labute approximate surface area is 143 Å². The normalized spacial score (nSPS) is 12.9. The number of nitrogens with zero attached hydrogens (tertiary/aromatic N) is 1. The molecule has 16 heavy (non-hydrogen) atoms. The number of hydrogen-bond acceptors (Lipinski definition) is 1. The van der Waals surface area contributed by atoms with E-state index in [4.69, 9.17) is 0 Å². The molecule has 2 aromatic rings. The van der Waals surface area contributed by atoms with Crippen LogP contribution in [0.2, 0.25) is 0 Å². The van der Waals surface area contributed by atoms with Crippen LogP contribution in [-0.4, -0.2) is 10.4 Å². The third-order valence-corrected chi connectivity index (χ3v) is 2.42. The second-order valence-corrected chi connectivity index (χ2v) is 3.33. The fourth-order valence-electron chi connectivity index (χ4n) is 1.77. The van der Waals surface area contributed by atoms with Crippen LogP contribution in [-0.2, 0) is 44.0 Å². The van der Waals surface area contributed by atoms with Gasteiger partial charge in [-0.25, -0.2) is 11.8 Å². The number of aromatic nitrogens is 1. The molecule has 0 aliphatic carbocycles. The molecule has 0 atom stereocenters. The number of rotatable bonds is 0. The van der Waals surface area contributed by atoms with E-state index >= 15 is 0 Å². The largest absolute Gasteiger partial charge is 0.473 e. The van der Waals surface area contributed by atoms with E-state index in [1.54, 1.807) is 6.08 Å². The number of carbonyl (C=O) groups is 1. The molecule has 1 radical (unpaired) electrons. The third kappa shape index (κ3) is 2.43. The number of allylic oxidation sites excluding steroid dienone is 1. The summed E-state index contributed by atoms with van der Waals surface area (Å²) < 4.78 is 1.97. The van der Waals surface area contributed by atoms with E-state index in [0.717, 1.165) is 16.6 Å². The van der Waals surface area contributed by atoms with Gasteiger partial charge in [-0.05, 0) is 0 Å². The number of fused-ring (bicyclic) bond motifs is 3. The molecule has 0 fully saturated rings. The van der Waals surface area contributed by atoms with Crippen molar-refractivity contribution in [2.75, 3.05) is 0 Å². The van der Waals surface area contributed by atoms with Crippen LogP contribution in [0.4, 0.5) is 0 Å². The SMILES string of the molecule is O=C1[C-]=Cc2[c-]c3ccccc3n2C1.[U].[Y]. The molecule has 0 N–H and O–H groups in total. The van der Waals surface area contributed by atoms with Crippen molar-refractivity contribution in [1.82, 2.24) is 4.57 Å². The molecule has 1 aliphatic heterocycles. The van der Waals surface area contributed by atoms with Crippen LogP contribution in [0.25, 0.3) is 17.0 Å². The van der Waals surface area contributed by atoms with Gasteiger partial charge >= 0.3 is 0 Å². The Bertz CT molecular complexity index is 559. The second kappa shape index (κ2) is 5.78. The minimum Gasteiger partial charge on any atom is -0.473 e. The maximum atomic E-state index is 11.2. The Morgan fingerprint density at radius 2 is 2.00 bits per heavy atom. The third-order valence-electron chi connectivity index (χ3n) is 2.42. The standard InChI is InChI=1S/C12H7NO.U.Y/c14-11-6-5-10-7-9-3-1-2-4-12(9)13(10)8-11;;/h1-5H,8H2;;/q-2;;. The number of para-hydroxylation sites is 1. The number of Topliss-reactive ketones (excluding diaryl/α,β-unsaturated/α-hetero) is 1. The van der Waals surface area contributed by atoms with Crippen LogP contribution < -0.4 is 0 Å². The molecule has 0 bridgehead atoms. The fraction of sp³-hybridized carbons (Fsp3) is 0.0833. The molecule has 0 spiro atoms. The van der Waals surface area contributed by atoms with Crippen LogP contribution >= 0.6 is 0 Å². The summed E-state index contributed by atoms with van der Waals surface area (Å²) in [7, 11) is 0. The summed E-state index contributed by atoms with van der Waals surface area (Å²) in [5, 5.41) is 1.05. The molecule has 0 unspecified atom stereocenters. The van der Waals surface area contributed by atoms with Gasteiger partial charge in [0.1, 0.15) is 0 Å². The van der Waals surface area contributed by atoms with Gasteiger partial charge in [0, 0.05) is 70.4 Å². The minimum absolute atomic E-state index is 0. The van der Waals surface area contributed by atoms with Crippen molar-refractivity contribution < 1.29 is 68.6 Å². The summed E-state index contributed by atoms with van der Waals surface area (Å²) >= 11 is 0. The first kappa shape index (κ1) is 14.4. The van der Waals surface area contributed by atoms with Gasteiger partial charge in [0.25, 0.3) is 0 Å². The molecular weight excluding hydrogens is 501 g/mol. The van der Waals surface area contributed by atoms with Gasteiger partial charge in [-0.15, -0.1) is 17.5 Å². The molecule has 3 rings (SSSR count). The van der Waals surface area contributed by atoms with E-state index in [1.165, 1.54) is 0 Å². The van der Waals surface area contributed by atoms with Crippen molar-refractivity contribution in [1.29, 1.82) is 0 Å². The van der Waals surface area contributed by atoms with E-state index in [1.807, 2.05) is 28.8 Å². The van der Waals surface area contributed by atoms with E-state index < -0.39 is 0 Å². The van der Waals surface area contributed by atoms with Gasteiger partial charge < -0.3 is 9.36 Å². The van der Waals surface area contributed by atoms with E-state index in [0.29, 0.717) is 6.54 Å². The molecule has 1 aliphatic rings. The maximum Gasteiger partial charge on any atom is 0.0750 e. The summed E-state index contributed by atoms with van der Waals surface area (Å²) in [5.74, 6) is 0.0206. The Balaban J connectivity index is 0.000000640. The summed E-state index contributed by atoms with van der Waals surface area (Å²) in [6, 6.07) is 11.2. The van der Waals surface area contributed by atoms with Crippen molar-refractivity contribution >= 4 is 22.8 Å². The van der Waals surface area contributed by atoms with Crippen molar-refractivity contribution in [2.24, 2.45) is 0 Å². The summed E-state index contributed by atoms with van der Waals surface area (Å²) in [6.07, 6.45) is 4.38. The van der Waals surface area contributed by atoms with Crippen LogP contribution in [0.5, 0.6) is 0 Å². The van der Waals surface area contributed by atoms with Gasteiger partial charge in [0.15, 0.2) is 0 Å². The topological polar surface area (TPSA) is 22.0 Å². The van der Waals surface area contributed by atoms with Gasteiger partial charge in [-0.3, -0.25) is 12.2 Å². The van der Waals surface area contributed by atoms with Crippen LogP contribution in [0.1, 0.15) is 5.69 Å². The van der Waals surface area contributed by atoms with Crippen molar-refractivity contribution in [3.63, 3.8) is 0 Å². The van der Waals surface area contributed by atoms with Gasteiger partial charge in [0.2, 0.25) is 0 Å². The van der Waals surface area contributed by atoms with E-state index in [-0.39, 0.29) is 69.6 Å². The molecule has 0 saturated carbocycles. The monoisotopic (exact) mass is 508 g/mol.